The van der Waals surface area contributed by atoms with Crippen molar-refractivity contribution in [3.05, 3.63) is 120 Å². The van der Waals surface area contributed by atoms with Crippen LogP contribution in [0.4, 0.5) is 0 Å². The lowest BCUT2D eigenvalue weighted by Gasteiger charge is -2.50. The van der Waals surface area contributed by atoms with Crippen molar-refractivity contribution in [3.63, 3.8) is 0 Å². The van der Waals surface area contributed by atoms with Crippen LogP contribution < -0.4 is 0 Å². The molecule has 5 atom stereocenters. The van der Waals surface area contributed by atoms with Gasteiger partial charge in [-0.1, -0.05) is 111 Å². The Morgan fingerprint density at radius 3 is 1.68 bits per heavy atom. The SMILES string of the molecule is C=C[C@@]1(OCCCC)O[C@@H](C)[C@@H](OCc2ccccc2)[C@@H](OCc2ccccc2)[C@@H]1OCc1ccccc1. The molecule has 5 heteroatoms. The number of hydrogen-bond acceptors (Lipinski definition) is 5. The average Bonchev–Trinajstić information content (AvgIpc) is 2.96. The van der Waals surface area contributed by atoms with Crippen LogP contribution in [0.1, 0.15) is 43.4 Å². The summed E-state index contributed by atoms with van der Waals surface area (Å²) in [4.78, 5) is 0. The van der Waals surface area contributed by atoms with Gasteiger partial charge in [-0.05, 0) is 36.1 Å². The van der Waals surface area contributed by atoms with E-state index in [1.54, 1.807) is 6.08 Å². The van der Waals surface area contributed by atoms with Gasteiger partial charge in [0.1, 0.15) is 18.3 Å². The van der Waals surface area contributed by atoms with Gasteiger partial charge in [-0.2, -0.15) is 0 Å². The number of unbranched alkanes of at least 4 members (excludes halogenated alkanes) is 1. The summed E-state index contributed by atoms with van der Waals surface area (Å²) in [5.74, 6) is -1.17. The highest BCUT2D eigenvalue weighted by Gasteiger charge is 2.55. The van der Waals surface area contributed by atoms with Crippen LogP contribution in [0.5, 0.6) is 0 Å². The van der Waals surface area contributed by atoms with Crippen molar-refractivity contribution in [2.45, 2.75) is 76.7 Å². The van der Waals surface area contributed by atoms with Crippen molar-refractivity contribution < 1.29 is 23.7 Å². The molecule has 1 fully saturated rings. The molecular weight excluding hydrogens is 476 g/mol. The second kappa shape index (κ2) is 14.4. The van der Waals surface area contributed by atoms with Crippen LogP contribution in [0.25, 0.3) is 0 Å². The van der Waals surface area contributed by atoms with Crippen molar-refractivity contribution in [1.82, 2.24) is 0 Å². The van der Waals surface area contributed by atoms with Gasteiger partial charge >= 0.3 is 0 Å². The first kappa shape index (κ1) is 28.2. The van der Waals surface area contributed by atoms with Gasteiger partial charge in [-0.3, -0.25) is 0 Å². The van der Waals surface area contributed by atoms with E-state index in [0.29, 0.717) is 26.4 Å². The molecule has 3 aromatic rings. The van der Waals surface area contributed by atoms with Crippen LogP contribution in [-0.2, 0) is 43.5 Å². The average molecular weight is 517 g/mol. The van der Waals surface area contributed by atoms with Crippen molar-refractivity contribution in [2.75, 3.05) is 6.61 Å². The van der Waals surface area contributed by atoms with Gasteiger partial charge in [0, 0.05) is 0 Å². The Labute approximate surface area is 227 Å². The van der Waals surface area contributed by atoms with Crippen molar-refractivity contribution in [1.29, 1.82) is 0 Å². The van der Waals surface area contributed by atoms with Crippen molar-refractivity contribution >= 4 is 0 Å². The summed E-state index contributed by atoms with van der Waals surface area (Å²) in [5, 5.41) is 0. The lowest BCUT2D eigenvalue weighted by Crippen LogP contribution is -2.66. The van der Waals surface area contributed by atoms with Gasteiger partial charge in [-0.15, -0.1) is 0 Å². The Morgan fingerprint density at radius 1 is 0.737 bits per heavy atom. The van der Waals surface area contributed by atoms with Crippen molar-refractivity contribution in [2.24, 2.45) is 0 Å². The van der Waals surface area contributed by atoms with Crippen LogP contribution in [0, 0.1) is 0 Å². The third kappa shape index (κ3) is 7.40. The minimum absolute atomic E-state index is 0.323. The lowest BCUT2D eigenvalue weighted by atomic mass is 9.91. The maximum absolute atomic E-state index is 6.65. The molecular formula is C33H40O5. The fourth-order valence-electron chi connectivity index (χ4n) is 4.73. The third-order valence-corrected chi connectivity index (χ3v) is 6.80. The normalized spacial score (nSPS) is 25.2. The summed E-state index contributed by atoms with van der Waals surface area (Å²) >= 11 is 0. The van der Waals surface area contributed by atoms with E-state index in [4.69, 9.17) is 23.7 Å². The van der Waals surface area contributed by atoms with Gasteiger partial charge in [0.25, 0.3) is 0 Å². The highest BCUT2D eigenvalue weighted by molar-refractivity contribution is 5.16. The molecule has 5 nitrogen and oxygen atoms in total. The van der Waals surface area contributed by atoms with E-state index in [1.165, 1.54) is 0 Å². The summed E-state index contributed by atoms with van der Waals surface area (Å²) in [6, 6.07) is 30.4. The van der Waals surface area contributed by atoms with E-state index in [2.05, 4.69) is 37.8 Å². The fourth-order valence-corrected chi connectivity index (χ4v) is 4.73. The first-order chi connectivity index (χ1) is 18.6. The Morgan fingerprint density at radius 2 is 1.21 bits per heavy atom. The van der Waals surface area contributed by atoms with Gasteiger partial charge in [0.2, 0.25) is 5.79 Å². The van der Waals surface area contributed by atoms with Crippen LogP contribution >= 0.6 is 0 Å². The van der Waals surface area contributed by atoms with Gasteiger partial charge in [-0.25, -0.2) is 0 Å². The largest absolute Gasteiger partial charge is 0.368 e. The maximum Gasteiger partial charge on any atom is 0.217 e. The van der Waals surface area contributed by atoms with Gasteiger partial charge in [0.15, 0.2) is 0 Å². The molecule has 1 aliphatic rings. The highest BCUT2D eigenvalue weighted by atomic mass is 16.7. The van der Waals surface area contributed by atoms with E-state index < -0.39 is 18.0 Å². The van der Waals surface area contributed by atoms with Gasteiger partial charge in [0.05, 0.1) is 32.5 Å². The van der Waals surface area contributed by atoms with Crippen LogP contribution in [0.3, 0.4) is 0 Å². The third-order valence-electron chi connectivity index (χ3n) is 6.80. The molecule has 0 aromatic heterocycles. The second-order valence-corrected chi connectivity index (χ2v) is 9.69. The van der Waals surface area contributed by atoms with Crippen LogP contribution in [0.2, 0.25) is 0 Å². The molecule has 0 radical (unpaired) electrons. The van der Waals surface area contributed by atoms with E-state index in [-0.39, 0.29) is 12.2 Å². The number of hydrogen-bond donors (Lipinski definition) is 0. The molecule has 1 saturated heterocycles. The predicted molar refractivity (Wildman–Crippen MR) is 149 cm³/mol. The molecule has 202 valence electrons. The molecule has 0 aliphatic carbocycles. The standard InChI is InChI=1S/C33H40O5/c1-4-6-22-37-33(5-2)32(36-25-29-20-14-9-15-21-29)31(35-24-28-18-12-8-13-19-28)30(26(3)38-33)34-23-27-16-10-7-11-17-27/h5,7-21,26,30-32H,2,4,6,22-25H2,1,3H3/t26-,30+,31+,32-,33+/m0/s1. The molecule has 38 heavy (non-hydrogen) atoms. The number of ether oxygens (including phenoxy) is 5. The van der Waals surface area contributed by atoms with Crippen molar-refractivity contribution in [3.8, 4) is 0 Å². The first-order valence-electron chi connectivity index (χ1n) is 13.6. The smallest absolute Gasteiger partial charge is 0.217 e. The molecule has 0 saturated carbocycles. The number of rotatable bonds is 14. The van der Waals surface area contributed by atoms with E-state index in [9.17, 15) is 0 Å². The highest BCUT2D eigenvalue weighted by Crippen LogP contribution is 2.38. The Balaban J connectivity index is 1.64. The fraction of sp³-hybridized carbons (Fsp3) is 0.394. The topological polar surface area (TPSA) is 46.2 Å². The van der Waals surface area contributed by atoms with E-state index >= 15 is 0 Å². The maximum atomic E-state index is 6.65. The summed E-state index contributed by atoms with van der Waals surface area (Å²) in [7, 11) is 0. The van der Waals surface area contributed by atoms with Crippen LogP contribution in [-0.4, -0.2) is 36.8 Å². The minimum Gasteiger partial charge on any atom is -0.368 e. The Bertz CT molecular complexity index is 1070. The molecule has 3 aromatic carbocycles. The summed E-state index contributed by atoms with van der Waals surface area (Å²) in [6.45, 7) is 10.0. The molecule has 1 heterocycles. The van der Waals surface area contributed by atoms with E-state index in [1.807, 2.05) is 73.7 Å². The second-order valence-electron chi connectivity index (χ2n) is 9.69. The molecule has 1 aliphatic heterocycles. The van der Waals surface area contributed by atoms with E-state index in [0.717, 1.165) is 29.5 Å². The van der Waals surface area contributed by atoms with Gasteiger partial charge < -0.3 is 23.7 Å². The zero-order valence-corrected chi connectivity index (χ0v) is 22.5. The quantitative estimate of drug-likeness (QED) is 0.173. The van der Waals surface area contributed by atoms with Crippen LogP contribution in [0.15, 0.2) is 104 Å². The molecule has 0 N–H and O–H groups in total. The summed E-state index contributed by atoms with van der Waals surface area (Å²) in [5.41, 5.74) is 3.22. The first-order valence-corrected chi connectivity index (χ1v) is 13.6. The molecule has 4 rings (SSSR count). The minimum atomic E-state index is -1.17. The number of benzene rings is 3. The Kier molecular flexibility index (Phi) is 10.7. The molecule has 0 unspecified atom stereocenters. The molecule has 0 spiro atoms. The molecule has 0 bridgehead atoms. The predicted octanol–water partition coefficient (Wildman–Crippen LogP) is 6.86. The summed E-state index contributed by atoms with van der Waals surface area (Å²) in [6.07, 6.45) is 1.86. The Hall–Kier alpha value is -2.80. The summed E-state index contributed by atoms with van der Waals surface area (Å²) < 4.78 is 32.8. The zero-order valence-electron chi connectivity index (χ0n) is 22.5. The molecule has 0 amide bonds. The zero-order chi connectivity index (χ0) is 26.6. The lowest BCUT2D eigenvalue weighted by molar-refractivity contribution is -0.357. The monoisotopic (exact) mass is 516 g/mol.